The van der Waals surface area contributed by atoms with Gasteiger partial charge in [0.15, 0.2) is 11.6 Å². The minimum atomic E-state index is 0. The summed E-state index contributed by atoms with van der Waals surface area (Å²) in [7, 11) is 2.05. The number of rotatable bonds is 8. The van der Waals surface area contributed by atoms with E-state index in [1.807, 2.05) is 12.1 Å². The van der Waals surface area contributed by atoms with E-state index in [0.717, 1.165) is 31.8 Å². The predicted molar refractivity (Wildman–Crippen MR) is 105 cm³/mol. The highest BCUT2D eigenvalue weighted by atomic mass is 35.5. The van der Waals surface area contributed by atoms with Gasteiger partial charge in [0.25, 0.3) is 0 Å². The fourth-order valence-corrected chi connectivity index (χ4v) is 2.92. The van der Waals surface area contributed by atoms with Gasteiger partial charge in [0.2, 0.25) is 5.89 Å². The molecule has 8 heteroatoms. The number of Topliss-reactive ketones (excluding diaryl/α,β-unsaturated/α-hetero) is 1. The van der Waals surface area contributed by atoms with Crippen LogP contribution < -0.4 is 10.1 Å². The number of hydrogen-bond acceptors (Lipinski definition) is 7. The van der Waals surface area contributed by atoms with Crippen molar-refractivity contribution in [1.29, 1.82) is 0 Å². The van der Waals surface area contributed by atoms with Crippen molar-refractivity contribution in [3.8, 4) is 5.75 Å². The average Bonchev–Trinajstić information content (AvgIpc) is 3.14. The Bertz CT molecular complexity index is 720. The van der Waals surface area contributed by atoms with Gasteiger partial charge in [0.05, 0.1) is 12.6 Å². The van der Waals surface area contributed by atoms with Gasteiger partial charge in [-0.3, -0.25) is 9.69 Å². The molecule has 0 bridgehead atoms. The molecular formula is C19H27ClN4O3. The highest BCUT2D eigenvalue weighted by Crippen LogP contribution is 2.19. The van der Waals surface area contributed by atoms with E-state index in [9.17, 15) is 4.79 Å². The summed E-state index contributed by atoms with van der Waals surface area (Å²) in [6.07, 6.45) is 1.75. The Morgan fingerprint density at radius 3 is 2.85 bits per heavy atom. The second-order valence-electron chi connectivity index (χ2n) is 6.54. The Hall–Kier alpha value is -1.96. The highest BCUT2D eigenvalue weighted by Gasteiger charge is 2.25. The molecule has 0 radical (unpaired) electrons. The van der Waals surface area contributed by atoms with E-state index >= 15 is 0 Å². The van der Waals surface area contributed by atoms with Crippen molar-refractivity contribution in [1.82, 2.24) is 20.4 Å². The number of carbonyl (C=O) groups excluding carboxylic acids is 1. The molecule has 1 N–H and O–H groups in total. The fourth-order valence-electron chi connectivity index (χ4n) is 2.92. The van der Waals surface area contributed by atoms with Gasteiger partial charge in [-0.2, -0.15) is 4.98 Å². The third-order valence-electron chi connectivity index (χ3n) is 4.51. The van der Waals surface area contributed by atoms with Gasteiger partial charge in [0.1, 0.15) is 5.75 Å². The quantitative estimate of drug-likeness (QED) is 0.689. The minimum Gasteiger partial charge on any atom is -0.494 e. The smallest absolute Gasteiger partial charge is 0.227 e. The maximum absolute atomic E-state index is 12.4. The number of hydrogen-bond donors (Lipinski definition) is 1. The zero-order chi connectivity index (χ0) is 18.4. The molecule has 1 fully saturated rings. The van der Waals surface area contributed by atoms with E-state index in [1.165, 1.54) is 0 Å². The molecule has 1 aliphatic rings. The second-order valence-corrected chi connectivity index (χ2v) is 6.54. The number of halogens is 1. The van der Waals surface area contributed by atoms with Gasteiger partial charge in [-0.1, -0.05) is 12.1 Å². The first-order valence-corrected chi connectivity index (χ1v) is 9.17. The van der Waals surface area contributed by atoms with Gasteiger partial charge < -0.3 is 14.6 Å². The summed E-state index contributed by atoms with van der Waals surface area (Å²) in [4.78, 5) is 19.0. The van der Waals surface area contributed by atoms with Crippen LogP contribution in [0.5, 0.6) is 5.75 Å². The van der Waals surface area contributed by atoms with Crippen molar-refractivity contribution in [3.05, 3.63) is 41.5 Å². The lowest BCUT2D eigenvalue weighted by molar-refractivity contribution is 0.0979. The normalized spacial score (nSPS) is 17.3. The Kier molecular flexibility index (Phi) is 8.22. The van der Waals surface area contributed by atoms with E-state index in [2.05, 4.69) is 34.3 Å². The Morgan fingerprint density at radius 2 is 2.15 bits per heavy atom. The summed E-state index contributed by atoms with van der Waals surface area (Å²) in [5, 5.41) is 7.42. The van der Waals surface area contributed by atoms with E-state index in [4.69, 9.17) is 9.26 Å². The lowest BCUT2D eigenvalue weighted by Gasteiger charge is -2.30. The number of aromatic nitrogens is 2. The molecule has 1 atom stereocenters. The maximum atomic E-state index is 12.4. The van der Waals surface area contributed by atoms with Crippen LogP contribution in [0.1, 0.15) is 47.9 Å². The van der Waals surface area contributed by atoms with Gasteiger partial charge in [-0.15, -0.1) is 12.4 Å². The van der Waals surface area contributed by atoms with E-state index < -0.39 is 0 Å². The largest absolute Gasteiger partial charge is 0.494 e. The van der Waals surface area contributed by atoms with Gasteiger partial charge in [-0.05, 0) is 37.7 Å². The van der Waals surface area contributed by atoms with Crippen LogP contribution in [0, 0.1) is 0 Å². The first-order chi connectivity index (χ1) is 12.7. The molecule has 1 unspecified atom stereocenters. The summed E-state index contributed by atoms with van der Waals surface area (Å²) in [5.41, 5.74) is 0.671. The van der Waals surface area contributed by atoms with E-state index in [1.54, 1.807) is 12.1 Å². The van der Waals surface area contributed by atoms with Crippen LogP contribution in [0.25, 0.3) is 0 Å². The zero-order valence-corrected chi connectivity index (χ0v) is 16.6. The van der Waals surface area contributed by atoms with Crippen LogP contribution in [0.4, 0.5) is 0 Å². The molecule has 7 nitrogen and oxygen atoms in total. The molecule has 0 amide bonds. The van der Waals surface area contributed by atoms with Crippen molar-refractivity contribution in [3.63, 3.8) is 0 Å². The lowest BCUT2D eigenvalue weighted by Crippen LogP contribution is -2.44. The second kappa shape index (κ2) is 10.4. The first-order valence-electron chi connectivity index (χ1n) is 9.17. The number of likely N-dealkylation sites (N-methyl/N-ethyl adjacent to an activating group) is 1. The molecule has 1 aromatic heterocycles. The summed E-state index contributed by atoms with van der Waals surface area (Å²) in [6, 6.07) is 7.39. The number of nitrogens with one attached hydrogen (secondary N) is 1. The summed E-state index contributed by atoms with van der Waals surface area (Å²) in [5.74, 6) is 2.04. The Labute approximate surface area is 165 Å². The fraction of sp³-hybridized carbons (Fsp3) is 0.526. The SMILES string of the molecule is CCCOc1ccc(C(=O)CCc2nc(C3CNCCN3C)no2)cc1.Cl. The van der Waals surface area contributed by atoms with Crippen molar-refractivity contribution in [2.24, 2.45) is 0 Å². The van der Waals surface area contributed by atoms with Crippen LogP contribution in [0.3, 0.4) is 0 Å². The molecule has 1 aliphatic heterocycles. The molecular weight excluding hydrogens is 368 g/mol. The van der Waals surface area contributed by atoms with Crippen molar-refractivity contribution in [2.45, 2.75) is 32.2 Å². The maximum Gasteiger partial charge on any atom is 0.227 e. The first kappa shape index (κ1) is 21.3. The number of carbonyl (C=O) groups is 1. The van der Waals surface area contributed by atoms with Crippen LogP contribution >= 0.6 is 12.4 Å². The summed E-state index contributed by atoms with van der Waals surface area (Å²) >= 11 is 0. The summed E-state index contributed by atoms with van der Waals surface area (Å²) < 4.78 is 10.9. The van der Waals surface area contributed by atoms with Gasteiger partial charge in [-0.25, -0.2) is 0 Å². The number of piperazine rings is 1. The van der Waals surface area contributed by atoms with E-state index in [0.29, 0.717) is 36.7 Å². The number of nitrogens with zero attached hydrogens (tertiary/aromatic N) is 3. The summed E-state index contributed by atoms with van der Waals surface area (Å²) in [6.45, 7) is 5.46. The lowest BCUT2D eigenvalue weighted by atomic mass is 10.1. The monoisotopic (exact) mass is 394 g/mol. The third-order valence-corrected chi connectivity index (χ3v) is 4.51. The Balaban J connectivity index is 0.00000261. The number of ether oxygens (including phenoxy) is 1. The van der Waals surface area contributed by atoms with Crippen LogP contribution in [-0.2, 0) is 6.42 Å². The minimum absolute atomic E-state index is 0. The number of aryl methyl sites for hydroxylation is 1. The third kappa shape index (κ3) is 5.76. The molecule has 0 saturated carbocycles. The molecule has 148 valence electrons. The number of ketones is 1. The van der Waals surface area contributed by atoms with E-state index in [-0.39, 0.29) is 24.2 Å². The van der Waals surface area contributed by atoms with Crippen LogP contribution in [0.15, 0.2) is 28.8 Å². The molecule has 2 aromatic rings. The predicted octanol–water partition coefficient (Wildman–Crippen LogP) is 2.67. The van der Waals surface area contributed by atoms with Crippen molar-refractivity contribution >= 4 is 18.2 Å². The number of benzene rings is 1. The van der Waals surface area contributed by atoms with Crippen LogP contribution in [-0.4, -0.2) is 54.1 Å². The van der Waals surface area contributed by atoms with Gasteiger partial charge in [0, 0.05) is 38.0 Å². The topological polar surface area (TPSA) is 80.5 Å². The average molecular weight is 395 g/mol. The molecule has 0 spiro atoms. The van der Waals surface area contributed by atoms with Gasteiger partial charge >= 0.3 is 0 Å². The molecule has 1 aromatic carbocycles. The molecule has 1 saturated heterocycles. The van der Waals surface area contributed by atoms with Crippen molar-refractivity contribution in [2.75, 3.05) is 33.3 Å². The molecule has 0 aliphatic carbocycles. The zero-order valence-electron chi connectivity index (χ0n) is 15.8. The van der Waals surface area contributed by atoms with Crippen LogP contribution in [0.2, 0.25) is 0 Å². The molecule has 2 heterocycles. The Morgan fingerprint density at radius 1 is 1.37 bits per heavy atom. The molecule has 3 rings (SSSR count). The highest BCUT2D eigenvalue weighted by molar-refractivity contribution is 5.96. The molecule has 27 heavy (non-hydrogen) atoms. The van der Waals surface area contributed by atoms with Crippen molar-refractivity contribution < 1.29 is 14.1 Å². The standard InChI is InChI=1S/C19H26N4O3.ClH/c1-3-12-25-15-6-4-14(5-7-15)17(24)8-9-18-21-19(22-26-18)16-13-20-10-11-23(16)2;/h4-7,16,20H,3,8-13H2,1-2H3;1H.